The number of pyridine rings is 1. The zero-order chi connectivity index (χ0) is 41.4. The van der Waals surface area contributed by atoms with Crippen LogP contribution in [0.2, 0.25) is 0 Å². The standard InChI is InChI=1S/C57H36N6/c1-3-19-37(20-4-1)46-36-47(59-56(58-46)38-21-5-2-6-22-38)45-35-54(61-48-29-13-7-23-39(48)40-24-8-14-30-49(40)61)60-57(63-52-33-17-11-27-43(52)44-28-12-18-34-53(44)63)55(45)62-50-31-15-9-25-41(50)42-26-10-16-32-51(42)62/h1-36H. The quantitative estimate of drug-likeness (QED) is 0.168. The normalized spacial score (nSPS) is 11.8. The maximum absolute atomic E-state index is 5.94. The van der Waals surface area contributed by atoms with E-state index in [1.165, 1.54) is 10.8 Å². The first-order valence-electron chi connectivity index (χ1n) is 21.3. The van der Waals surface area contributed by atoms with E-state index >= 15 is 0 Å². The van der Waals surface area contributed by atoms with Crippen molar-refractivity contribution >= 4 is 65.4 Å². The summed E-state index contributed by atoms with van der Waals surface area (Å²) in [6, 6.07) is 77.1. The van der Waals surface area contributed by atoms with Crippen LogP contribution in [0, 0.1) is 0 Å². The fourth-order valence-corrected chi connectivity index (χ4v) is 9.74. The third kappa shape index (κ3) is 5.41. The van der Waals surface area contributed by atoms with Crippen molar-refractivity contribution in [2.75, 3.05) is 0 Å². The molecule has 6 heteroatoms. The minimum absolute atomic E-state index is 0.647. The smallest absolute Gasteiger partial charge is 0.165 e. The van der Waals surface area contributed by atoms with E-state index in [0.717, 1.165) is 100 Å². The van der Waals surface area contributed by atoms with E-state index in [0.29, 0.717) is 5.82 Å². The molecule has 0 aliphatic carbocycles. The van der Waals surface area contributed by atoms with Crippen LogP contribution in [0.5, 0.6) is 0 Å². The van der Waals surface area contributed by atoms with Crippen molar-refractivity contribution in [1.29, 1.82) is 0 Å². The molecule has 0 unspecified atom stereocenters. The monoisotopic (exact) mass is 804 g/mol. The van der Waals surface area contributed by atoms with Gasteiger partial charge in [0.1, 0.15) is 5.82 Å². The van der Waals surface area contributed by atoms with Crippen LogP contribution in [0.15, 0.2) is 218 Å². The molecule has 0 aliphatic heterocycles. The number of hydrogen-bond donors (Lipinski definition) is 0. The summed E-state index contributed by atoms with van der Waals surface area (Å²) in [6.07, 6.45) is 0. The Bertz CT molecular complexity index is 3700. The van der Waals surface area contributed by atoms with Crippen molar-refractivity contribution in [3.8, 4) is 51.2 Å². The number of para-hydroxylation sites is 6. The second kappa shape index (κ2) is 14.0. The lowest BCUT2D eigenvalue weighted by Gasteiger charge is -2.22. The van der Waals surface area contributed by atoms with E-state index in [4.69, 9.17) is 15.0 Å². The van der Waals surface area contributed by atoms with E-state index in [1.807, 2.05) is 24.3 Å². The Hall–Kier alpha value is -8.61. The van der Waals surface area contributed by atoms with Crippen LogP contribution in [0.3, 0.4) is 0 Å². The number of benzene rings is 8. The number of rotatable bonds is 6. The van der Waals surface area contributed by atoms with Crippen LogP contribution in [0.25, 0.3) is 117 Å². The van der Waals surface area contributed by atoms with Gasteiger partial charge in [-0.15, -0.1) is 0 Å². The van der Waals surface area contributed by atoms with E-state index in [2.05, 4.69) is 208 Å². The van der Waals surface area contributed by atoms with Gasteiger partial charge in [0, 0.05) is 49.0 Å². The molecule has 6 nitrogen and oxygen atoms in total. The van der Waals surface area contributed by atoms with Crippen LogP contribution >= 0.6 is 0 Å². The molecule has 0 fully saturated rings. The highest BCUT2D eigenvalue weighted by Gasteiger charge is 2.27. The molecule has 0 amide bonds. The molecule has 0 atom stereocenters. The summed E-state index contributed by atoms with van der Waals surface area (Å²) in [5.41, 5.74) is 11.8. The van der Waals surface area contributed by atoms with Gasteiger partial charge in [0.25, 0.3) is 0 Å². The molecule has 8 aromatic carbocycles. The molecular formula is C57H36N6. The van der Waals surface area contributed by atoms with Crippen molar-refractivity contribution in [3.05, 3.63) is 218 Å². The fourth-order valence-electron chi connectivity index (χ4n) is 9.74. The predicted molar refractivity (Wildman–Crippen MR) is 259 cm³/mol. The average molecular weight is 805 g/mol. The highest BCUT2D eigenvalue weighted by atomic mass is 15.2. The van der Waals surface area contributed by atoms with Crippen LogP contribution in [-0.4, -0.2) is 28.7 Å². The van der Waals surface area contributed by atoms with Gasteiger partial charge in [-0.05, 0) is 48.5 Å². The molecule has 0 bridgehead atoms. The van der Waals surface area contributed by atoms with E-state index < -0.39 is 0 Å². The summed E-state index contributed by atoms with van der Waals surface area (Å²) in [4.78, 5) is 16.7. The predicted octanol–water partition coefficient (Wildman–Crippen LogP) is 14.2. The van der Waals surface area contributed by atoms with Crippen molar-refractivity contribution in [2.24, 2.45) is 0 Å². The summed E-state index contributed by atoms with van der Waals surface area (Å²) in [6.45, 7) is 0. The molecule has 0 aliphatic rings. The summed E-state index contributed by atoms with van der Waals surface area (Å²) >= 11 is 0. The summed E-state index contributed by atoms with van der Waals surface area (Å²) < 4.78 is 7.09. The molecule has 0 N–H and O–H groups in total. The van der Waals surface area contributed by atoms with Crippen LogP contribution < -0.4 is 0 Å². The Balaban J connectivity index is 1.27. The molecular weight excluding hydrogens is 769 g/mol. The second-order valence-electron chi connectivity index (χ2n) is 16.0. The topological polar surface area (TPSA) is 53.5 Å². The minimum atomic E-state index is 0.647. The lowest BCUT2D eigenvalue weighted by atomic mass is 10.0. The Morgan fingerprint density at radius 3 is 1.11 bits per heavy atom. The van der Waals surface area contributed by atoms with Gasteiger partial charge in [-0.2, -0.15) is 0 Å². The number of nitrogens with zero attached hydrogens (tertiary/aromatic N) is 6. The van der Waals surface area contributed by atoms with Crippen LogP contribution in [-0.2, 0) is 0 Å². The summed E-state index contributed by atoms with van der Waals surface area (Å²) in [5.74, 6) is 2.22. The molecule has 0 saturated carbocycles. The highest BCUT2D eigenvalue weighted by Crippen LogP contribution is 2.44. The summed E-state index contributed by atoms with van der Waals surface area (Å²) in [5, 5.41) is 6.98. The third-order valence-corrected chi connectivity index (χ3v) is 12.5. The Kier molecular flexibility index (Phi) is 7.80. The maximum atomic E-state index is 5.94. The largest absolute Gasteiger partial charge is 0.305 e. The first kappa shape index (κ1) is 35.2. The number of aromatic nitrogens is 6. The van der Waals surface area contributed by atoms with Gasteiger partial charge >= 0.3 is 0 Å². The van der Waals surface area contributed by atoms with Gasteiger partial charge in [-0.25, -0.2) is 15.0 Å². The van der Waals surface area contributed by atoms with Crippen molar-refractivity contribution in [1.82, 2.24) is 28.7 Å². The van der Waals surface area contributed by atoms with E-state index in [-0.39, 0.29) is 0 Å². The van der Waals surface area contributed by atoms with Crippen molar-refractivity contribution in [2.45, 2.75) is 0 Å². The molecule has 13 aromatic rings. The van der Waals surface area contributed by atoms with Gasteiger partial charge in [0.05, 0.1) is 50.2 Å². The van der Waals surface area contributed by atoms with E-state index in [9.17, 15) is 0 Å². The van der Waals surface area contributed by atoms with Gasteiger partial charge in [0.15, 0.2) is 11.6 Å². The molecule has 13 rings (SSSR count). The third-order valence-electron chi connectivity index (χ3n) is 12.5. The van der Waals surface area contributed by atoms with Crippen molar-refractivity contribution < 1.29 is 0 Å². The molecule has 294 valence electrons. The minimum Gasteiger partial charge on any atom is -0.305 e. The lowest BCUT2D eigenvalue weighted by Crippen LogP contribution is -2.12. The second-order valence-corrected chi connectivity index (χ2v) is 16.0. The zero-order valence-electron chi connectivity index (χ0n) is 34.0. The van der Waals surface area contributed by atoms with E-state index in [1.54, 1.807) is 0 Å². The Labute approximate surface area is 362 Å². The van der Waals surface area contributed by atoms with Crippen LogP contribution in [0.4, 0.5) is 0 Å². The summed E-state index contributed by atoms with van der Waals surface area (Å²) in [7, 11) is 0. The average Bonchev–Trinajstić information content (AvgIpc) is 4.00. The maximum Gasteiger partial charge on any atom is 0.165 e. The molecule has 63 heavy (non-hydrogen) atoms. The van der Waals surface area contributed by atoms with Gasteiger partial charge in [-0.3, -0.25) is 9.13 Å². The molecule has 0 spiro atoms. The number of hydrogen-bond acceptors (Lipinski definition) is 3. The van der Waals surface area contributed by atoms with Gasteiger partial charge in [0.2, 0.25) is 0 Å². The van der Waals surface area contributed by atoms with Crippen molar-refractivity contribution in [3.63, 3.8) is 0 Å². The molecule has 0 radical (unpaired) electrons. The molecule has 5 heterocycles. The first-order chi connectivity index (χ1) is 31.3. The SMILES string of the molecule is c1ccc(-c2cc(-c3cc(-n4c5ccccc5c5ccccc54)nc(-n4c5ccccc5c5ccccc54)c3-n3c4ccccc4c4ccccc43)nc(-c3ccccc3)n2)cc1. The Morgan fingerprint density at radius 1 is 0.286 bits per heavy atom. The van der Waals surface area contributed by atoms with Crippen LogP contribution in [0.1, 0.15) is 0 Å². The highest BCUT2D eigenvalue weighted by molar-refractivity contribution is 6.13. The Morgan fingerprint density at radius 2 is 0.651 bits per heavy atom. The van der Waals surface area contributed by atoms with Gasteiger partial charge < -0.3 is 4.57 Å². The number of fused-ring (bicyclic) bond motifs is 9. The molecule has 5 aromatic heterocycles. The van der Waals surface area contributed by atoms with Gasteiger partial charge in [-0.1, -0.05) is 170 Å². The molecule has 0 saturated heterocycles. The zero-order valence-corrected chi connectivity index (χ0v) is 34.0. The fraction of sp³-hybridized carbons (Fsp3) is 0. The lowest BCUT2D eigenvalue weighted by molar-refractivity contribution is 0.982. The first-order valence-corrected chi connectivity index (χ1v) is 21.3.